The van der Waals surface area contributed by atoms with Gasteiger partial charge in [-0.3, -0.25) is 14.6 Å². The van der Waals surface area contributed by atoms with Gasteiger partial charge in [0.2, 0.25) is 11.7 Å². The largest absolute Gasteiger partial charge is 0.497 e. The molecule has 0 unspecified atom stereocenters. The number of hydrogen-bond acceptors (Lipinski definition) is 8. The Labute approximate surface area is 176 Å². The van der Waals surface area contributed by atoms with E-state index in [9.17, 15) is 9.59 Å². The van der Waals surface area contributed by atoms with Gasteiger partial charge in [-0.05, 0) is 23.8 Å². The predicted molar refractivity (Wildman–Crippen MR) is 110 cm³/mol. The first-order valence-corrected chi connectivity index (χ1v) is 9.33. The lowest BCUT2D eigenvalue weighted by molar-refractivity contribution is -0.121. The number of amides is 1. The van der Waals surface area contributed by atoms with Crippen LogP contribution in [0.2, 0.25) is 0 Å². The number of pyridine rings is 1. The Morgan fingerprint density at radius 3 is 2.74 bits per heavy atom. The highest BCUT2D eigenvalue weighted by Gasteiger charge is 2.13. The molecule has 0 saturated heterocycles. The van der Waals surface area contributed by atoms with Crippen molar-refractivity contribution in [1.29, 1.82) is 0 Å². The average Bonchev–Trinajstić information content (AvgIpc) is 3.30. The number of benzene rings is 1. The Bertz CT molecular complexity index is 1230. The molecule has 1 amide bonds. The molecule has 0 fully saturated rings. The fourth-order valence-corrected chi connectivity index (χ4v) is 2.80. The van der Waals surface area contributed by atoms with Gasteiger partial charge in [0, 0.05) is 31.2 Å². The Balaban J connectivity index is 1.44. The smallest absolute Gasteiger partial charge is 0.259 e. The highest BCUT2D eigenvalue weighted by molar-refractivity contribution is 5.75. The van der Waals surface area contributed by atoms with Gasteiger partial charge in [0.25, 0.3) is 11.4 Å². The van der Waals surface area contributed by atoms with Gasteiger partial charge >= 0.3 is 0 Å². The molecule has 0 aliphatic rings. The molecule has 0 spiro atoms. The first-order chi connectivity index (χ1) is 15.1. The van der Waals surface area contributed by atoms with Crippen LogP contribution in [-0.2, 0) is 17.9 Å². The van der Waals surface area contributed by atoms with E-state index in [0.29, 0.717) is 17.8 Å². The summed E-state index contributed by atoms with van der Waals surface area (Å²) in [6.07, 6.45) is 6.09. The number of rotatable bonds is 7. The summed E-state index contributed by atoms with van der Waals surface area (Å²) in [6.45, 7) is 0.191. The van der Waals surface area contributed by atoms with E-state index in [1.165, 1.54) is 29.2 Å². The highest BCUT2D eigenvalue weighted by atomic mass is 16.5. The van der Waals surface area contributed by atoms with E-state index < -0.39 is 0 Å². The topological polar surface area (TPSA) is 125 Å². The van der Waals surface area contributed by atoms with Crippen molar-refractivity contribution in [3.8, 4) is 28.7 Å². The minimum atomic E-state index is -0.322. The molecule has 3 heterocycles. The summed E-state index contributed by atoms with van der Waals surface area (Å²) < 4.78 is 11.7. The van der Waals surface area contributed by atoms with Crippen LogP contribution in [0.3, 0.4) is 0 Å². The third kappa shape index (κ3) is 4.81. The average molecular weight is 418 g/mol. The quantitative estimate of drug-likeness (QED) is 0.481. The minimum absolute atomic E-state index is 0.145. The van der Waals surface area contributed by atoms with E-state index in [4.69, 9.17) is 9.26 Å². The van der Waals surface area contributed by atoms with E-state index in [2.05, 4.69) is 25.4 Å². The fourth-order valence-electron chi connectivity index (χ4n) is 2.80. The fraction of sp³-hybridized carbons (Fsp3) is 0.143. The van der Waals surface area contributed by atoms with Crippen LogP contribution in [0.15, 0.2) is 70.5 Å². The zero-order valence-corrected chi connectivity index (χ0v) is 16.6. The Morgan fingerprint density at radius 1 is 1.16 bits per heavy atom. The number of ether oxygens (including phenoxy) is 1. The maximum atomic E-state index is 12.3. The Hall–Kier alpha value is -4.34. The SMILES string of the molecule is COc1ccc(CNC(=O)Cn2cc(-c3nc(-c4cnccn4)no3)ccc2=O)cc1. The molecule has 10 heteroatoms. The molecule has 3 aromatic heterocycles. The third-order valence-electron chi connectivity index (χ3n) is 4.41. The Kier molecular flexibility index (Phi) is 5.79. The number of nitrogens with one attached hydrogen (secondary N) is 1. The van der Waals surface area contributed by atoms with Crippen molar-refractivity contribution >= 4 is 5.91 Å². The summed E-state index contributed by atoms with van der Waals surface area (Å²) >= 11 is 0. The van der Waals surface area contributed by atoms with Gasteiger partial charge in [-0.25, -0.2) is 4.98 Å². The molecule has 156 valence electrons. The minimum Gasteiger partial charge on any atom is -0.497 e. The monoisotopic (exact) mass is 418 g/mol. The molecule has 4 rings (SSSR count). The maximum absolute atomic E-state index is 12.3. The summed E-state index contributed by atoms with van der Waals surface area (Å²) in [5.74, 6) is 0.911. The molecule has 0 saturated carbocycles. The molecular weight excluding hydrogens is 400 g/mol. The lowest BCUT2D eigenvalue weighted by atomic mass is 10.2. The van der Waals surface area contributed by atoms with E-state index in [1.807, 2.05) is 24.3 Å². The van der Waals surface area contributed by atoms with Crippen molar-refractivity contribution in [2.45, 2.75) is 13.1 Å². The molecular formula is C21H18N6O4. The summed E-state index contributed by atoms with van der Waals surface area (Å²) in [4.78, 5) is 36.9. The number of methoxy groups -OCH3 is 1. The molecule has 1 aromatic carbocycles. The molecule has 0 aliphatic heterocycles. The van der Waals surface area contributed by atoms with Crippen LogP contribution in [0, 0.1) is 0 Å². The molecule has 10 nitrogen and oxygen atoms in total. The molecule has 4 aromatic rings. The van der Waals surface area contributed by atoms with Gasteiger partial charge in [0.05, 0.1) is 18.9 Å². The Morgan fingerprint density at radius 2 is 2.00 bits per heavy atom. The lowest BCUT2D eigenvalue weighted by Crippen LogP contribution is -2.31. The van der Waals surface area contributed by atoms with Crippen LogP contribution in [0.5, 0.6) is 5.75 Å². The van der Waals surface area contributed by atoms with Gasteiger partial charge < -0.3 is 19.1 Å². The lowest BCUT2D eigenvalue weighted by Gasteiger charge is -2.09. The van der Waals surface area contributed by atoms with E-state index in [0.717, 1.165) is 11.3 Å². The number of hydrogen-bond donors (Lipinski definition) is 1. The van der Waals surface area contributed by atoms with Crippen LogP contribution in [0.25, 0.3) is 23.0 Å². The van der Waals surface area contributed by atoms with Crippen molar-refractivity contribution in [3.05, 3.63) is 77.1 Å². The van der Waals surface area contributed by atoms with E-state index in [-0.39, 0.29) is 29.7 Å². The summed E-state index contributed by atoms with van der Waals surface area (Å²) in [7, 11) is 1.59. The highest BCUT2D eigenvalue weighted by Crippen LogP contribution is 2.19. The first-order valence-electron chi connectivity index (χ1n) is 9.33. The molecule has 0 radical (unpaired) electrons. The van der Waals surface area contributed by atoms with Gasteiger partial charge in [-0.1, -0.05) is 17.3 Å². The van der Waals surface area contributed by atoms with Crippen LogP contribution >= 0.6 is 0 Å². The standard InChI is InChI=1S/C21H18N6O4/c1-30-16-5-2-14(3-6-16)10-24-18(28)13-27-12-15(4-7-19(27)29)21-25-20(26-31-21)17-11-22-8-9-23-17/h2-9,11-12H,10,13H2,1H3,(H,24,28). The molecule has 0 bridgehead atoms. The number of carbonyl (C=O) groups is 1. The molecule has 31 heavy (non-hydrogen) atoms. The van der Waals surface area contributed by atoms with Crippen LogP contribution < -0.4 is 15.6 Å². The second kappa shape index (κ2) is 8.99. The van der Waals surface area contributed by atoms with Crippen molar-refractivity contribution in [2.24, 2.45) is 0 Å². The van der Waals surface area contributed by atoms with Crippen LogP contribution in [0.4, 0.5) is 0 Å². The summed E-state index contributed by atoms with van der Waals surface area (Å²) in [6, 6.07) is 10.2. The normalized spacial score (nSPS) is 10.6. The van der Waals surface area contributed by atoms with Crippen molar-refractivity contribution in [3.63, 3.8) is 0 Å². The van der Waals surface area contributed by atoms with Gasteiger partial charge in [0.15, 0.2) is 0 Å². The third-order valence-corrected chi connectivity index (χ3v) is 4.41. The van der Waals surface area contributed by atoms with Gasteiger partial charge in [-0.2, -0.15) is 4.98 Å². The molecule has 1 N–H and O–H groups in total. The van der Waals surface area contributed by atoms with Crippen molar-refractivity contribution < 1.29 is 14.1 Å². The van der Waals surface area contributed by atoms with Gasteiger partial charge in [-0.15, -0.1) is 0 Å². The predicted octanol–water partition coefficient (Wildman–Crippen LogP) is 1.68. The van der Waals surface area contributed by atoms with Crippen molar-refractivity contribution in [2.75, 3.05) is 7.11 Å². The second-order valence-corrected chi connectivity index (χ2v) is 6.52. The van der Waals surface area contributed by atoms with E-state index in [1.54, 1.807) is 19.4 Å². The van der Waals surface area contributed by atoms with Crippen LogP contribution in [0.1, 0.15) is 5.56 Å². The zero-order chi connectivity index (χ0) is 21.6. The maximum Gasteiger partial charge on any atom is 0.259 e. The molecule has 0 aliphatic carbocycles. The summed E-state index contributed by atoms with van der Waals surface area (Å²) in [5, 5.41) is 6.68. The number of nitrogens with zero attached hydrogens (tertiary/aromatic N) is 5. The summed E-state index contributed by atoms with van der Waals surface area (Å²) in [5.41, 5.74) is 1.56. The number of aromatic nitrogens is 5. The zero-order valence-electron chi connectivity index (χ0n) is 16.6. The molecule has 0 atom stereocenters. The van der Waals surface area contributed by atoms with Crippen LogP contribution in [-0.4, -0.2) is 37.7 Å². The second-order valence-electron chi connectivity index (χ2n) is 6.52. The number of carbonyl (C=O) groups excluding carboxylic acids is 1. The van der Waals surface area contributed by atoms with Crippen molar-refractivity contribution in [1.82, 2.24) is 30.0 Å². The van der Waals surface area contributed by atoms with E-state index >= 15 is 0 Å². The first kappa shape index (κ1) is 20.0. The van der Waals surface area contributed by atoms with Gasteiger partial charge in [0.1, 0.15) is 18.0 Å².